The van der Waals surface area contributed by atoms with Crippen LogP contribution in [0, 0.1) is 0 Å². The number of sulfonamides is 1. The second kappa shape index (κ2) is 7.31. The molecule has 1 rings (SSSR count). The van der Waals surface area contributed by atoms with Gasteiger partial charge >= 0.3 is 0 Å². The molecule has 1 aliphatic heterocycles. The average molecular weight is 264 g/mol. The number of hydrogen-bond acceptors (Lipinski definition) is 4. The molecule has 2 unspecified atom stereocenters. The first-order valence-electron chi connectivity index (χ1n) is 6.26. The van der Waals surface area contributed by atoms with Crippen molar-refractivity contribution in [1.82, 2.24) is 10.0 Å². The molecule has 0 saturated carbocycles. The van der Waals surface area contributed by atoms with Crippen LogP contribution in [0.5, 0.6) is 0 Å². The Balaban J connectivity index is 2.33. The predicted octanol–water partition coefficient (Wildman–Crippen LogP) is 0.473. The molecule has 102 valence electrons. The third-order valence-electron chi connectivity index (χ3n) is 2.97. The van der Waals surface area contributed by atoms with Crippen molar-refractivity contribution in [2.24, 2.45) is 0 Å². The maximum absolute atomic E-state index is 11.9. The Kier molecular flexibility index (Phi) is 6.40. The van der Waals surface area contributed by atoms with Crippen LogP contribution in [-0.2, 0) is 14.8 Å². The minimum Gasteiger partial charge on any atom is -0.385 e. The average Bonchev–Trinajstić information content (AvgIpc) is 2.26. The van der Waals surface area contributed by atoms with E-state index in [1.807, 2.05) is 6.92 Å². The van der Waals surface area contributed by atoms with E-state index in [4.69, 9.17) is 4.74 Å². The largest absolute Gasteiger partial charge is 0.385 e. The summed E-state index contributed by atoms with van der Waals surface area (Å²) >= 11 is 0. The molecule has 2 atom stereocenters. The van der Waals surface area contributed by atoms with E-state index < -0.39 is 10.0 Å². The SMILES string of the molecule is COCCC(C)NS(=O)(=O)CC1CCCCN1. The molecule has 1 aliphatic rings. The summed E-state index contributed by atoms with van der Waals surface area (Å²) in [6, 6.07) is 0.0411. The summed E-state index contributed by atoms with van der Waals surface area (Å²) in [5.41, 5.74) is 0. The molecular formula is C11H24N2O3S. The van der Waals surface area contributed by atoms with E-state index >= 15 is 0 Å². The molecule has 1 heterocycles. The molecule has 1 saturated heterocycles. The van der Waals surface area contributed by atoms with Gasteiger partial charge in [-0.15, -0.1) is 0 Å². The monoisotopic (exact) mass is 264 g/mol. The molecule has 2 N–H and O–H groups in total. The molecule has 0 bridgehead atoms. The van der Waals surface area contributed by atoms with Crippen LogP contribution in [0.15, 0.2) is 0 Å². The first-order valence-corrected chi connectivity index (χ1v) is 7.91. The zero-order valence-corrected chi connectivity index (χ0v) is 11.6. The maximum Gasteiger partial charge on any atom is 0.213 e. The Morgan fingerprint density at radius 3 is 2.82 bits per heavy atom. The summed E-state index contributed by atoms with van der Waals surface area (Å²) in [6.45, 7) is 3.37. The van der Waals surface area contributed by atoms with Gasteiger partial charge in [0.15, 0.2) is 0 Å². The third kappa shape index (κ3) is 6.35. The second-order valence-corrected chi connectivity index (χ2v) is 6.53. The van der Waals surface area contributed by atoms with Crippen LogP contribution < -0.4 is 10.0 Å². The van der Waals surface area contributed by atoms with Crippen molar-refractivity contribution < 1.29 is 13.2 Å². The second-order valence-electron chi connectivity index (χ2n) is 4.73. The molecule has 0 aliphatic carbocycles. The lowest BCUT2D eigenvalue weighted by Crippen LogP contribution is -2.44. The first-order chi connectivity index (χ1) is 8.03. The van der Waals surface area contributed by atoms with Gasteiger partial charge in [0, 0.05) is 25.8 Å². The van der Waals surface area contributed by atoms with Gasteiger partial charge in [-0.1, -0.05) is 6.42 Å². The van der Waals surface area contributed by atoms with Crippen LogP contribution in [0.3, 0.4) is 0 Å². The van der Waals surface area contributed by atoms with Crippen LogP contribution in [0.1, 0.15) is 32.6 Å². The Morgan fingerprint density at radius 1 is 1.47 bits per heavy atom. The van der Waals surface area contributed by atoms with Gasteiger partial charge in [0.05, 0.1) is 5.75 Å². The Labute approximate surface area is 104 Å². The van der Waals surface area contributed by atoms with Crippen LogP contribution >= 0.6 is 0 Å². The number of piperidine rings is 1. The van der Waals surface area contributed by atoms with Crippen LogP contribution in [-0.4, -0.2) is 46.5 Å². The zero-order valence-electron chi connectivity index (χ0n) is 10.7. The van der Waals surface area contributed by atoms with Crippen molar-refractivity contribution in [3.05, 3.63) is 0 Å². The molecule has 0 aromatic rings. The first kappa shape index (κ1) is 14.9. The van der Waals surface area contributed by atoms with E-state index in [1.165, 1.54) is 0 Å². The number of methoxy groups -OCH3 is 1. The minimum absolute atomic E-state index is 0.0662. The molecule has 0 aromatic heterocycles. The van der Waals surface area contributed by atoms with Gasteiger partial charge in [-0.2, -0.15) is 0 Å². The predicted molar refractivity (Wildman–Crippen MR) is 68.5 cm³/mol. The van der Waals surface area contributed by atoms with Gasteiger partial charge in [0.2, 0.25) is 10.0 Å². The van der Waals surface area contributed by atoms with Gasteiger partial charge in [-0.3, -0.25) is 0 Å². The number of nitrogens with one attached hydrogen (secondary N) is 2. The maximum atomic E-state index is 11.9. The van der Waals surface area contributed by atoms with Crippen molar-refractivity contribution in [3.63, 3.8) is 0 Å². The third-order valence-corrected chi connectivity index (χ3v) is 4.57. The van der Waals surface area contributed by atoms with Crippen molar-refractivity contribution >= 4 is 10.0 Å². The molecular weight excluding hydrogens is 240 g/mol. The van der Waals surface area contributed by atoms with Crippen molar-refractivity contribution in [3.8, 4) is 0 Å². The van der Waals surface area contributed by atoms with E-state index in [9.17, 15) is 8.42 Å². The van der Waals surface area contributed by atoms with Crippen LogP contribution in [0.4, 0.5) is 0 Å². The molecule has 0 amide bonds. The highest BCUT2D eigenvalue weighted by molar-refractivity contribution is 7.89. The number of ether oxygens (including phenoxy) is 1. The highest BCUT2D eigenvalue weighted by atomic mass is 32.2. The molecule has 6 heteroatoms. The van der Waals surface area contributed by atoms with Gasteiger partial charge < -0.3 is 10.1 Å². The van der Waals surface area contributed by atoms with E-state index in [0.717, 1.165) is 25.8 Å². The Bertz CT molecular complexity index is 300. The summed E-state index contributed by atoms with van der Waals surface area (Å²) < 4.78 is 31.4. The Hall–Kier alpha value is -0.170. The Morgan fingerprint density at radius 2 is 2.24 bits per heavy atom. The summed E-state index contributed by atoms with van der Waals surface area (Å²) in [6.07, 6.45) is 3.92. The van der Waals surface area contributed by atoms with Gasteiger partial charge in [0.25, 0.3) is 0 Å². The lowest BCUT2D eigenvalue weighted by Gasteiger charge is -2.24. The lowest BCUT2D eigenvalue weighted by atomic mass is 10.1. The smallest absolute Gasteiger partial charge is 0.213 e. The van der Waals surface area contributed by atoms with E-state index in [1.54, 1.807) is 7.11 Å². The molecule has 1 fully saturated rings. The summed E-state index contributed by atoms with van der Waals surface area (Å²) in [7, 11) is -1.56. The lowest BCUT2D eigenvalue weighted by molar-refractivity contribution is 0.188. The standard InChI is InChI=1S/C11H24N2O3S/c1-10(6-8-16-2)13-17(14,15)9-11-5-3-4-7-12-11/h10-13H,3-9H2,1-2H3. The normalized spacial score (nSPS) is 23.5. The van der Waals surface area contributed by atoms with Crippen molar-refractivity contribution in [2.75, 3.05) is 26.0 Å². The van der Waals surface area contributed by atoms with Crippen LogP contribution in [0.25, 0.3) is 0 Å². The van der Waals surface area contributed by atoms with E-state index in [-0.39, 0.29) is 17.8 Å². The highest BCUT2D eigenvalue weighted by Crippen LogP contribution is 2.09. The minimum atomic E-state index is -3.18. The molecule has 0 spiro atoms. The van der Waals surface area contributed by atoms with Crippen molar-refractivity contribution in [1.29, 1.82) is 0 Å². The molecule has 17 heavy (non-hydrogen) atoms. The van der Waals surface area contributed by atoms with Gasteiger partial charge in [0.1, 0.15) is 0 Å². The zero-order chi connectivity index (χ0) is 12.7. The van der Waals surface area contributed by atoms with E-state index in [0.29, 0.717) is 13.0 Å². The fourth-order valence-electron chi connectivity index (χ4n) is 2.04. The van der Waals surface area contributed by atoms with Crippen LogP contribution in [0.2, 0.25) is 0 Å². The molecule has 0 radical (unpaired) electrons. The molecule has 0 aromatic carbocycles. The number of rotatable bonds is 7. The summed E-state index contributed by atoms with van der Waals surface area (Å²) in [5, 5.41) is 3.25. The fourth-order valence-corrected chi connectivity index (χ4v) is 3.68. The quantitative estimate of drug-likeness (QED) is 0.701. The molecule has 5 nitrogen and oxygen atoms in total. The number of hydrogen-bond donors (Lipinski definition) is 2. The van der Waals surface area contributed by atoms with Gasteiger partial charge in [-0.25, -0.2) is 13.1 Å². The van der Waals surface area contributed by atoms with Gasteiger partial charge in [-0.05, 0) is 32.7 Å². The summed E-state index contributed by atoms with van der Waals surface area (Å²) in [4.78, 5) is 0. The van der Waals surface area contributed by atoms with Crippen molar-refractivity contribution in [2.45, 2.75) is 44.7 Å². The highest BCUT2D eigenvalue weighted by Gasteiger charge is 2.22. The summed E-state index contributed by atoms with van der Waals surface area (Å²) in [5.74, 6) is 0.185. The van der Waals surface area contributed by atoms with E-state index in [2.05, 4.69) is 10.0 Å². The topological polar surface area (TPSA) is 67.4 Å². The fraction of sp³-hybridized carbons (Fsp3) is 1.00.